The number of rotatable bonds is 6. The second kappa shape index (κ2) is 5.94. The fourth-order valence-electron chi connectivity index (χ4n) is 1.06. The second-order valence-electron chi connectivity index (χ2n) is 3.24. The summed E-state index contributed by atoms with van der Waals surface area (Å²) in [5.74, 6) is -1.65. The van der Waals surface area contributed by atoms with E-state index in [9.17, 15) is 18.0 Å². The van der Waals surface area contributed by atoms with Crippen molar-refractivity contribution in [3.8, 4) is 0 Å². The smallest absolute Gasteiger partial charge is 0.336 e. The van der Waals surface area contributed by atoms with E-state index in [1.54, 1.807) is 6.92 Å². The number of nitrogens with one attached hydrogen (secondary N) is 2. The van der Waals surface area contributed by atoms with E-state index in [2.05, 4.69) is 10.0 Å². The highest BCUT2D eigenvalue weighted by Gasteiger charge is 2.19. The molecule has 0 fully saturated rings. The summed E-state index contributed by atoms with van der Waals surface area (Å²) in [6.07, 6.45) is 0. The van der Waals surface area contributed by atoms with Crippen LogP contribution in [0.1, 0.15) is 17.3 Å². The summed E-state index contributed by atoms with van der Waals surface area (Å²) in [6, 6.07) is 1.05. The van der Waals surface area contributed by atoms with Gasteiger partial charge in [0, 0.05) is 11.9 Å². The first-order chi connectivity index (χ1) is 8.36. The number of carboxylic acids is 1. The molecule has 1 heterocycles. The van der Waals surface area contributed by atoms with Crippen LogP contribution >= 0.6 is 11.3 Å². The lowest BCUT2D eigenvalue weighted by Crippen LogP contribution is -2.36. The molecule has 0 bridgehead atoms. The van der Waals surface area contributed by atoms with Crippen LogP contribution in [0.5, 0.6) is 0 Å². The van der Waals surface area contributed by atoms with E-state index in [1.807, 2.05) is 0 Å². The first-order valence-corrected chi connectivity index (χ1v) is 7.31. The zero-order valence-electron chi connectivity index (χ0n) is 9.47. The van der Waals surface area contributed by atoms with Gasteiger partial charge in [0.15, 0.2) is 0 Å². The van der Waals surface area contributed by atoms with Crippen LogP contribution in [-0.2, 0) is 14.8 Å². The Morgan fingerprint density at radius 1 is 1.44 bits per heavy atom. The van der Waals surface area contributed by atoms with Gasteiger partial charge in [0.05, 0.1) is 12.1 Å². The zero-order chi connectivity index (χ0) is 13.8. The van der Waals surface area contributed by atoms with E-state index in [0.29, 0.717) is 6.54 Å². The molecule has 7 nitrogen and oxygen atoms in total. The summed E-state index contributed by atoms with van der Waals surface area (Å²) >= 11 is 0.787. The summed E-state index contributed by atoms with van der Waals surface area (Å²) in [7, 11) is -3.84. The Morgan fingerprint density at radius 2 is 2.11 bits per heavy atom. The van der Waals surface area contributed by atoms with Crippen molar-refractivity contribution in [2.24, 2.45) is 0 Å². The van der Waals surface area contributed by atoms with Crippen molar-refractivity contribution in [2.75, 3.05) is 13.1 Å². The van der Waals surface area contributed by atoms with Gasteiger partial charge in [-0.25, -0.2) is 17.9 Å². The number of thiophene rings is 1. The van der Waals surface area contributed by atoms with Gasteiger partial charge in [-0.3, -0.25) is 4.79 Å². The van der Waals surface area contributed by atoms with Crippen LogP contribution in [0.2, 0.25) is 0 Å². The maximum absolute atomic E-state index is 11.7. The van der Waals surface area contributed by atoms with Crippen LogP contribution in [0.15, 0.2) is 15.7 Å². The standard InChI is InChI=1S/C9H12N2O5S2/c1-2-10-7(12)4-11-18(15,16)8-3-6(5-17-8)9(13)14/h3,5,11H,2,4H2,1H3,(H,10,12)(H,13,14). The molecule has 0 atom stereocenters. The van der Waals surface area contributed by atoms with E-state index in [1.165, 1.54) is 5.38 Å². The van der Waals surface area contributed by atoms with Gasteiger partial charge in [-0.2, -0.15) is 0 Å². The highest BCUT2D eigenvalue weighted by atomic mass is 32.2. The Bertz CT molecular complexity index is 549. The molecule has 3 N–H and O–H groups in total. The maximum Gasteiger partial charge on any atom is 0.336 e. The van der Waals surface area contributed by atoms with Gasteiger partial charge in [0.25, 0.3) is 10.0 Å². The van der Waals surface area contributed by atoms with Gasteiger partial charge in [0.1, 0.15) is 4.21 Å². The quantitative estimate of drug-likeness (QED) is 0.675. The van der Waals surface area contributed by atoms with Gasteiger partial charge in [0.2, 0.25) is 5.91 Å². The third kappa shape index (κ3) is 3.79. The monoisotopic (exact) mass is 292 g/mol. The van der Waals surface area contributed by atoms with Gasteiger partial charge in [-0.1, -0.05) is 0 Å². The molecule has 0 aliphatic heterocycles. The number of carbonyl (C=O) groups excluding carboxylic acids is 1. The summed E-state index contributed by atoms with van der Waals surface area (Å²) < 4.78 is 25.4. The average molecular weight is 292 g/mol. The summed E-state index contributed by atoms with van der Waals surface area (Å²) in [4.78, 5) is 21.7. The van der Waals surface area contributed by atoms with Crippen molar-refractivity contribution in [1.29, 1.82) is 0 Å². The molecule has 100 valence electrons. The predicted octanol–water partition coefficient (Wildman–Crippen LogP) is -0.139. The normalized spacial score (nSPS) is 11.2. The van der Waals surface area contributed by atoms with Crippen LogP contribution < -0.4 is 10.0 Å². The minimum Gasteiger partial charge on any atom is -0.478 e. The minimum atomic E-state index is -3.84. The Labute approximate surface area is 108 Å². The van der Waals surface area contributed by atoms with E-state index in [0.717, 1.165) is 17.4 Å². The lowest BCUT2D eigenvalue weighted by Gasteiger charge is -2.04. The molecule has 0 aromatic carbocycles. The molecule has 18 heavy (non-hydrogen) atoms. The third-order valence-electron chi connectivity index (χ3n) is 1.88. The number of hydrogen-bond acceptors (Lipinski definition) is 5. The molecule has 1 aromatic rings. The average Bonchev–Trinajstić information content (AvgIpc) is 2.77. The van der Waals surface area contributed by atoms with Gasteiger partial charge < -0.3 is 10.4 Å². The van der Waals surface area contributed by atoms with Crippen LogP contribution in [0.3, 0.4) is 0 Å². The molecule has 0 saturated carbocycles. The van der Waals surface area contributed by atoms with Crippen molar-refractivity contribution in [3.63, 3.8) is 0 Å². The molecule has 0 spiro atoms. The molecule has 1 rings (SSSR count). The second-order valence-corrected chi connectivity index (χ2v) is 6.14. The van der Waals surface area contributed by atoms with Crippen molar-refractivity contribution in [3.05, 3.63) is 17.0 Å². The summed E-state index contributed by atoms with van der Waals surface area (Å²) in [5, 5.41) is 12.3. The largest absolute Gasteiger partial charge is 0.478 e. The minimum absolute atomic E-state index is 0.0987. The van der Waals surface area contributed by atoms with Crippen molar-refractivity contribution < 1.29 is 23.1 Å². The number of hydrogen-bond donors (Lipinski definition) is 3. The third-order valence-corrected chi connectivity index (χ3v) is 4.72. The number of carbonyl (C=O) groups is 2. The number of amides is 1. The van der Waals surface area contributed by atoms with Crippen LogP contribution in [0, 0.1) is 0 Å². The summed E-state index contributed by atoms with van der Waals surface area (Å²) in [5.41, 5.74) is -0.0987. The zero-order valence-corrected chi connectivity index (χ0v) is 11.1. The van der Waals surface area contributed by atoms with E-state index in [4.69, 9.17) is 5.11 Å². The summed E-state index contributed by atoms with van der Waals surface area (Å²) in [6.45, 7) is 1.74. The topological polar surface area (TPSA) is 113 Å². The molecule has 1 amide bonds. The lowest BCUT2D eigenvalue weighted by molar-refractivity contribution is -0.119. The maximum atomic E-state index is 11.7. The van der Waals surface area contributed by atoms with Crippen molar-refractivity contribution in [1.82, 2.24) is 10.0 Å². The fraction of sp³-hybridized carbons (Fsp3) is 0.333. The number of carboxylic acid groups (broad SMARTS) is 1. The Balaban J connectivity index is 2.74. The molecule has 0 aliphatic rings. The first kappa shape index (κ1) is 14.6. The Kier molecular flexibility index (Phi) is 4.82. The molecule has 0 aliphatic carbocycles. The molecule has 0 unspecified atom stereocenters. The highest BCUT2D eigenvalue weighted by Crippen LogP contribution is 2.19. The van der Waals surface area contributed by atoms with Gasteiger partial charge in [-0.05, 0) is 13.0 Å². The van der Waals surface area contributed by atoms with E-state index in [-0.39, 0.29) is 16.3 Å². The molecule has 0 radical (unpaired) electrons. The first-order valence-electron chi connectivity index (χ1n) is 4.95. The molecular formula is C9H12N2O5S2. The molecule has 9 heteroatoms. The van der Waals surface area contributed by atoms with Gasteiger partial charge in [-0.15, -0.1) is 11.3 Å². The predicted molar refractivity (Wildman–Crippen MR) is 65.2 cm³/mol. The van der Waals surface area contributed by atoms with Crippen LogP contribution in [0.25, 0.3) is 0 Å². The molecule has 0 saturated heterocycles. The Hall–Kier alpha value is -1.45. The van der Waals surface area contributed by atoms with Crippen molar-refractivity contribution >= 4 is 33.2 Å². The number of aromatic carboxylic acids is 1. The lowest BCUT2D eigenvalue weighted by atomic mass is 10.4. The van der Waals surface area contributed by atoms with Crippen molar-refractivity contribution in [2.45, 2.75) is 11.1 Å². The highest BCUT2D eigenvalue weighted by molar-refractivity contribution is 7.91. The number of sulfonamides is 1. The van der Waals surface area contributed by atoms with E-state index < -0.39 is 21.9 Å². The van der Waals surface area contributed by atoms with Gasteiger partial charge >= 0.3 is 5.97 Å². The molecule has 1 aromatic heterocycles. The Morgan fingerprint density at radius 3 is 2.61 bits per heavy atom. The number of likely N-dealkylation sites (N-methyl/N-ethyl adjacent to an activating group) is 1. The van der Waals surface area contributed by atoms with Crippen LogP contribution in [0.4, 0.5) is 0 Å². The fourth-order valence-corrected chi connectivity index (χ4v) is 3.24. The molecular weight excluding hydrogens is 280 g/mol. The van der Waals surface area contributed by atoms with Crippen LogP contribution in [-0.4, -0.2) is 38.5 Å². The van der Waals surface area contributed by atoms with E-state index >= 15 is 0 Å². The SMILES string of the molecule is CCNC(=O)CNS(=O)(=O)c1cc(C(=O)O)cs1.